The summed E-state index contributed by atoms with van der Waals surface area (Å²) in [5, 5.41) is 15.4. The van der Waals surface area contributed by atoms with Gasteiger partial charge in [0.25, 0.3) is 0 Å². The first kappa shape index (κ1) is 16.5. The first-order valence-corrected chi connectivity index (χ1v) is 6.79. The van der Waals surface area contributed by atoms with Crippen molar-refractivity contribution in [1.29, 1.82) is 0 Å². The predicted octanol–water partition coefficient (Wildman–Crippen LogP) is 1.79. The topological polar surface area (TPSA) is 73.9 Å². The van der Waals surface area contributed by atoms with E-state index >= 15 is 0 Å². The molecule has 1 unspecified atom stereocenters. The van der Waals surface area contributed by atoms with Crippen molar-refractivity contribution >= 4 is 5.84 Å². The molecule has 1 aromatic rings. The smallest absolute Gasteiger partial charge is 0.141 e. The molecule has 0 aliphatic carbocycles. The van der Waals surface area contributed by atoms with Crippen molar-refractivity contribution in [3.05, 3.63) is 35.9 Å². The molecule has 0 saturated carbocycles. The van der Waals surface area contributed by atoms with Crippen molar-refractivity contribution < 1.29 is 5.21 Å². The fourth-order valence-corrected chi connectivity index (χ4v) is 1.77. The Labute approximate surface area is 121 Å². The van der Waals surface area contributed by atoms with Crippen LogP contribution in [-0.4, -0.2) is 42.1 Å². The summed E-state index contributed by atoms with van der Waals surface area (Å²) >= 11 is 0. The molecule has 0 bridgehead atoms. The number of nitrogens with one attached hydrogen (secondary N) is 1. The van der Waals surface area contributed by atoms with Gasteiger partial charge in [0.2, 0.25) is 0 Å². The Morgan fingerprint density at radius 1 is 1.35 bits per heavy atom. The van der Waals surface area contributed by atoms with Gasteiger partial charge in [-0.2, -0.15) is 0 Å². The lowest BCUT2D eigenvalue weighted by Crippen LogP contribution is -2.47. The van der Waals surface area contributed by atoms with Crippen LogP contribution in [-0.2, 0) is 0 Å². The lowest BCUT2D eigenvalue weighted by atomic mass is 9.99. The van der Waals surface area contributed by atoms with Gasteiger partial charge in [0.1, 0.15) is 5.84 Å². The lowest BCUT2D eigenvalue weighted by molar-refractivity contribution is 0.184. The second kappa shape index (κ2) is 7.26. The SMILES string of the molecule is CN(C)C(C)(C)CNC(CC(N)=NO)c1ccccc1. The van der Waals surface area contributed by atoms with Crippen LogP contribution in [0.1, 0.15) is 31.9 Å². The van der Waals surface area contributed by atoms with E-state index in [1.54, 1.807) is 0 Å². The molecule has 0 fully saturated rings. The van der Waals surface area contributed by atoms with Crippen LogP contribution in [0.5, 0.6) is 0 Å². The van der Waals surface area contributed by atoms with Crippen LogP contribution < -0.4 is 11.1 Å². The highest BCUT2D eigenvalue weighted by molar-refractivity contribution is 5.80. The summed E-state index contributed by atoms with van der Waals surface area (Å²) in [5.41, 5.74) is 6.82. The first-order chi connectivity index (χ1) is 9.36. The maximum Gasteiger partial charge on any atom is 0.141 e. The molecule has 4 N–H and O–H groups in total. The average molecular weight is 278 g/mol. The van der Waals surface area contributed by atoms with Gasteiger partial charge in [-0.3, -0.25) is 0 Å². The van der Waals surface area contributed by atoms with Crippen LogP contribution in [0.2, 0.25) is 0 Å². The van der Waals surface area contributed by atoms with E-state index in [9.17, 15) is 0 Å². The summed E-state index contributed by atoms with van der Waals surface area (Å²) in [6.45, 7) is 5.15. The Balaban J connectivity index is 2.79. The summed E-state index contributed by atoms with van der Waals surface area (Å²) in [7, 11) is 4.12. The van der Waals surface area contributed by atoms with Crippen molar-refractivity contribution in [1.82, 2.24) is 10.2 Å². The Morgan fingerprint density at radius 3 is 2.45 bits per heavy atom. The zero-order valence-corrected chi connectivity index (χ0v) is 12.8. The molecule has 20 heavy (non-hydrogen) atoms. The summed E-state index contributed by atoms with van der Waals surface area (Å²) in [6, 6.07) is 10.1. The third-order valence-electron chi connectivity index (χ3n) is 3.74. The highest BCUT2D eigenvalue weighted by atomic mass is 16.4. The number of oxime groups is 1. The predicted molar refractivity (Wildman–Crippen MR) is 83.0 cm³/mol. The van der Waals surface area contributed by atoms with Gasteiger partial charge < -0.3 is 21.2 Å². The molecular weight excluding hydrogens is 252 g/mol. The quantitative estimate of drug-likeness (QED) is 0.308. The number of hydrogen-bond acceptors (Lipinski definition) is 4. The zero-order chi connectivity index (χ0) is 15.2. The summed E-state index contributed by atoms with van der Waals surface area (Å²) in [5.74, 6) is 0.231. The minimum atomic E-state index is 0.0259. The number of nitrogens with zero attached hydrogens (tertiary/aromatic N) is 2. The third kappa shape index (κ3) is 4.83. The van der Waals surface area contributed by atoms with Gasteiger partial charge in [0.05, 0.1) is 0 Å². The van der Waals surface area contributed by atoms with E-state index in [1.165, 1.54) is 0 Å². The van der Waals surface area contributed by atoms with E-state index in [-0.39, 0.29) is 17.4 Å². The fraction of sp³-hybridized carbons (Fsp3) is 0.533. The van der Waals surface area contributed by atoms with Crippen molar-refractivity contribution in [2.24, 2.45) is 10.9 Å². The Bertz CT molecular complexity index is 429. The number of nitrogens with two attached hydrogens (primary N) is 1. The molecule has 5 heteroatoms. The van der Waals surface area contributed by atoms with E-state index in [4.69, 9.17) is 10.9 Å². The molecule has 0 saturated heterocycles. The molecule has 0 aliphatic rings. The fourth-order valence-electron chi connectivity index (χ4n) is 1.77. The van der Waals surface area contributed by atoms with Crippen LogP contribution in [0.25, 0.3) is 0 Å². The van der Waals surface area contributed by atoms with Crippen LogP contribution in [0, 0.1) is 0 Å². The van der Waals surface area contributed by atoms with E-state index in [1.807, 2.05) is 30.3 Å². The minimum Gasteiger partial charge on any atom is -0.409 e. The molecule has 0 aromatic heterocycles. The monoisotopic (exact) mass is 278 g/mol. The molecule has 1 rings (SSSR count). The van der Waals surface area contributed by atoms with Crippen LogP contribution in [0.15, 0.2) is 35.5 Å². The molecule has 1 atom stereocenters. The van der Waals surface area contributed by atoms with Crippen molar-refractivity contribution in [3.63, 3.8) is 0 Å². The summed E-state index contributed by atoms with van der Waals surface area (Å²) in [4.78, 5) is 2.17. The normalized spacial score (nSPS) is 14.6. The minimum absolute atomic E-state index is 0.0259. The number of benzene rings is 1. The van der Waals surface area contributed by atoms with Gasteiger partial charge in [0, 0.05) is 24.5 Å². The van der Waals surface area contributed by atoms with Crippen molar-refractivity contribution in [2.45, 2.75) is 31.8 Å². The number of hydrogen-bond donors (Lipinski definition) is 3. The largest absolute Gasteiger partial charge is 0.409 e. The van der Waals surface area contributed by atoms with E-state index in [0.717, 1.165) is 12.1 Å². The van der Waals surface area contributed by atoms with Crippen molar-refractivity contribution in [2.75, 3.05) is 20.6 Å². The van der Waals surface area contributed by atoms with E-state index in [0.29, 0.717) is 6.42 Å². The standard InChI is InChI=1S/C15H26N4O/c1-15(2,19(3)4)11-17-13(10-14(16)18-20)12-8-6-5-7-9-12/h5-9,13,17,20H,10-11H2,1-4H3,(H2,16,18). The Hall–Kier alpha value is -1.59. The maximum atomic E-state index is 8.77. The lowest BCUT2D eigenvalue weighted by Gasteiger charge is -2.34. The highest BCUT2D eigenvalue weighted by Gasteiger charge is 2.22. The molecule has 0 amide bonds. The molecule has 112 valence electrons. The van der Waals surface area contributed by atoms with Crippen molar-refractivity contribution in [3.8, 4) is 0 Å². The van der Waals surface area contributed by atoms with Crippen LogP contribution >= 0.6 is 0 Å². The van der Waals surface area contributed by atoms with Gasteiger partial charge in [0.15, 0.2) is 0 Å². The molecule has 0 spiro atoms. The molecule has 1 aromatic carbocycles. The highest BCUT2D eigenvalue weighted by Crippen LogP contribution is 2.18. The number of amidine groups is 1. The second-order valence-corrected chi connectivity index (χ2v) is 5.85. The molecule has 5 nitrogen and oxygen atoms in total. The maximum absolute atomic E-state index is 8.77. The van der Waals surface area contributed by atoms with Gasteiger partial charge in [-0.15, -0.1) is 0 Å². The molecule has 0 heterocycles. The van der Waals surface area contributed by atoms with E-state index < -0.39 is 0 Å². The molecular formula is C15H26N4O. The Kier molecular flexibility index (Phi) is 5.98. The van der Waals surface area contributed by atoms with Gasteiger partial charge >= 0.3 is 0 Å². The van der Waals surface area contributed by atoms with E-state index in [2.05, 4.69) is 43.3 Å². The van der Waals surface area contributed by atoms with Gasteiger partial charge in [-0.1, -0.05) is 35.5 Å². The summed E-state index contributed by atoms with van der Waals surface area (Å²) < 4.78 is 0. The van der Waals surface area contributed by atoms with Crippen LogP contribution in [0.4, 0.5) is 0 Å². The second-order valence-electron chi connectivity index (χ2n) is 5.85. The number of rotatable bonds is 7. The van der Waals surface area contributed by atoms with Gasteiger partial charge in [-0.25, -0.2) is 0 Å². The number of likely N-dealkylation sites (N-methyl/N-ethyl adjacent to an activating group) is 1. The zero-order valence-electron chi connectivity index (χ0n) is 12.8. The average Bonchev–Trinajstić information content (AvgIpc) is 2.43. The summed E-state index contributed by atoms with van der Waals surface area (Å²) in [6.07, 6.45) is 0.476. The molecule has 0 radical (unpaired) electrons. The van der Waals surface area contributed by atoms with Gasteiger partial charge in [-0.05, 0) is 33.5 Å². The first-order valence-electron chi connectivity index (χ1n) is 6.79. The third-order valence-corrected chi connectivity index (χ3v) is 3.74. The van der Waals surface area contributed by atoms with Crippen LogP contribution in [0.3, 0.4) is 0 Å². The molecule has 0 aliphatic heterocycles. The Morgan fingerprint density at radius 2 is 1.95 bits per heavy atom.